The predicted octanol–water partition coefficient (Wildman–Crippen LogP) is 5.23. The molecule has 0 saturated heterocycles. The van der Waals surface area contributed by atoms with Crippen LogP contribution in [0.5, 0.6) is 11.5 Å². The molecule has 2 aromatic carbocycles. The van der Waals surface area contributed by atoms with E-state index in [-0.39, 0.29) is 0 Å². The molecule has 2 rings (SSSR count). The monoisotopic (exact) mass is 280 g/mol. The molecule has 0 saturated carbocycles. The third-order valence-corrected chi connectivity index (χ3v) is 3.46. The number of aryl methyl sites for hydroxylation is 2. The van der Waals surface area contributed by atoms with Crippen molar-refractivity contribution in [2.45, 2.75) is 13.8 Å². The first-order valence-electron chi connectivity index (χ1n) is 5.59. The van der Waals surface area contributed by atoms with Crippen LogP contribution >= 0.6 is 19.0 Å². The van der Waals surface area contributed by atoms with E-state index in [1.54, 1.807) is 0 Å². The van der Waals surface area contributed by atoms with Gasteiger partial charge in [-0.1, -0.05) is 24.3 Å². The third-order valence-electron chi connectivity index (χ3n) is 2.33. The Bertz CT molecular complexity index is 483. The second-order valence-corrected chi connectivity index (χ2v) is 5.65. The fourth-order valence-electron chi connectivity index (χ4n) is 1.53. The average molecular weight is 281 g/mol. The van der Waals surface area contributed by atoms with Gasteiger partial charge in [0.1, 0.15) is 11.5 Å². The van der Waals surface area contributed by atoms with Crippen LogP contribution < -0.4 is 9.05 Å². The zero-order valence-corrected chi connectivity index (χ0v) is 11.9. The molecule has 0 amide bonds. The first kappa shape index (κ1) is 13.2. The van der Waals surface area contributed by atoms with E-state index in [9.17, 15) is 0 Å². The van der Waals surface area contributed by atoms with Crippen molar-refractivity contribution in [2.24, 2.45) is 0 Å². The summed E-state index contributed by atoms with van der Waals surface area (Å²) in [7, 11) is -1.49. The summed E-state index contributed by atoms with van der Waals surface area (Å²) in [4.78, 5) is 0. The van der Waals surface area contributed by atoms with E-state index in [1.165, 1.54) is 0 Å². The standard InChI is InChI=1S/C14H14ClO2P/c1-11-5-3-7-13(9-11)16-18(15)17-14-8-4-6-12(2)10-14/h3-10H,1-2H3. The van der Waals surface area contributed by atoms with Crippen LogP contribution in [0.15, 0.2) is 48.5 Å². The second-order valence-electron chi connectivity index (χ2n) is 4.03. The molecule has 0 N–H and O–H groups in total. The highest BCUT2D eigenvalue weighted by atomic mass is 35.7. The van der Waals surface area contributed by atoms with E-state index in [0.717, 1.165) is 22.6 Å². The summed E-state index contributed by atoms with van der Waals surface area (Å²) in [6, 6.07) is 15.5. The van der Waals surface area contributed by atoms with Crippen LogP contribution in [0.2, 0.25) is 0 Å². The van der Waals surface area contributed by atoms with Gasteiger partial charge in [-0.3, -0.25) is 0 Å². The number of rotatable bonds is 4. The van der Waals surface area contributed by atoms with Gasteiger partial charge >= 0.3 is 7.73 Å². The second kappa shape index (κ2) is 6.08. The molecule has 0 fully saturated rings. The Hall–Kier alpha value is -1.24. The Kier molecular flexibility index (Phi) is 4.46. The maximum absolute atomic E-state index is 6.07. The minimum absolute atomic E-state index is 0.726. The smallest absolute Gasteiger partial charge is 0.401 e. The molecule has 18 heavy (non-hydrogen) atoms. The molecule has 0 bridgehead atoms. The Balaban J connectivity index is 1.98. The van der Waals surface area contributed by atoms with Crippen molar-refractivity contribution in [2.75, 3.05) is 0 Å². The lowest BCUT2D eigenvalue weighted by atomic mass is 10.2. The van der Waals surface area contributed by atoms with E-state index >= 15 is 0 Å². The molecule has 0 atom stereocenters. The maximum atomic E-state index is 6.07. The lowest BCUT2D eigenvalue weighted by Crippen LogP contribution is -1.91. The molecular formula is C14H14ClO2P. The van der Waals surface area contributed by atoms with Gasteiger partial charge < -0.3 is 9.05 Å². The Morgan fingerprint density at radius 1 is 0.833 bits per heavy atom. The summed E-state index contributed by atoms with van der Waals surface area (Å²) in [5.74, 6) is 1.45. The van der Waals surface area contributed by atoms with E-state index in [4.69, 9.17) is 20.3 Å². The highest BCUT2D eigenvalue weighted by Crippen LogP contribution is 2.44. The molecule has 94 valence electrons. The fourth-order valence-corrected chi connectivity index (χ4v) is 2.60. The summed E-state index contributed by atoms with van der Waals surface area (Å²) in [5, 5.41) is 0. The molecule has 0 unspecified atom stereocenters. The van der Waals surface area contributed by atoms with Gasteiger partial charge in [-0.2, -0.15) is 0 Å². The lowest BCUT2D eigenvalue weighted by Gasteiger charge is -2.12. The normalized spacial score (nSPS) is 10.4. The molecule has 0 heterocycles. The van der Waals surface area contributed by atoms with Gasteiger partial charge in [0.25, 0.3) is 0 Å². The van der Waals surface area contributed by atoms with Crippen molar-refractivity contribution in [3.8, 4) is 11.5 Å². The number of hydrogen-bond donors (Lipinski definition) is 0. The molecule has 4 heteroatoms. The van der Waals surface area contributed by atoms with E-state index in [2.05, 4.69) is 0 Å². The molecule has 0 spiro atoms. The predicted molar refractivity (Wildman–Crippen MR) is 76.4 cm³/mol. The summed E-state index contributed by atoms with van der Waals surface area (Å²) in [6.45, 7) is 4.01. The van der Waals surface area contributed by atoms with Gasteiger partial charge in [0.15, 0.2) is 0 Å². The highest BCUT2D eigenvalue weighted by molar-refractivity contribution is 7.76. The van der Waals surface area contributed by atoms with Crippen molar-refractivity contribution in [3.05, 3.63) is 59.7 Å². The van der Waals surface area contributed by atoms with Gasteiger partial charge in [-0.15, -0.1) is 0 Å². The summed E-state index contributed by atoms with van der Waals surface area (Å²) < 4.78 is 11.1. The number of benzene rings is 2. The maximum Gasteiger partial charge on any atom is 0.401 e. The van der Waals surface area contributed by atoms with Crippen molar-refractivity contribution < 1.29 is 9.05 Å². The Morgan fingerprint density at radius 2 is 1.28 bits per heavy atom. The quantitative estimate of drug-likeness (QED) is 0.714. The van der Waals surface area contributed by atoms with Gasteiger partial charge in [0, 0.05) is 0 Å². The van der Waals surface area contributed by atoms with Gasteiger partial charge in [0.05, 0.1) is 0 Å². The number of hydrogen-bond acceptors (Lipinski definition) is 2. The minimum Gasteiger partial charge on any atom is -0.427 e. The van der Waals surface area contributed by atoms with Crippen LogP contribution in [0.1, 0.15) is 11.1 Å². The third kappa shape index (κ3) is 3.90. The topological polar surface area (TPSA) is 18.5 Å². The van der Waals surface area contributed by atoms with E-state index in [0.29, 0.717) is 0 Å². The van der Waals surface area contributed by atoms with Crippen LogP contribution in [0.25, 0.3) is 0 Å². The van der Waals surface area contributed by atoms with Gasteiger partial charge in [0.2, 0.25) is 0 Å². The first-order chi connectivity index (χ1) is 8.63. The summed E-state index contributed by atoms with van der Waals surface area (Å²) in [6.07, 6.45) is 0. The minimum atomic E-state index is -1.49. The molecule has 0 aliphatic heterocycles. The van der Waals surface area contributed by atoms with Crippen molar-refractivity contribution in [1.29, 1.82) is 0 Å². The fraction of sp³-hybridized carbons (Fsp3) is 0.143. The Labute approximate surface area is 113 Å². The van der Waals surface area contributed by atoms with Crippen molar-refractivity contribution >= 4 is 19.0 Å². The zero-order valence-electron chi connectivity index (χ0n) is 10.3. The Morgan fingerprint density at radius 3 is 1.67 bits per heavy atom. The molecule has 0 aliphatic rings. The summed E-state index contributed by atoms with van der Waals surface area (Å²) >= 11 is 6.07. The SMILES string of the molecule is Cc1cccc(OP(Cl)Oc2cccc(C)c2)c1. The van der Waals surface area contributed by atoms with E-state index in [1.807, 2.05) is 62.4 Å². The lowest BCUT2D eigenvalue weighted by molar-refractivity contribution is 0.507. The molecule has 2 nitrogen and oxygen atoms in total. The van der Waals surface area contributed by atoms with Crippen LogP contribution in [-0.2, 0) is 0 Å². The van der Waals surface area contributed by atoms with Crippen LogP contribution in [-0.4, -0.2) is 0 Å². The van der Waals surface area contributed by atoms with Crippen molar-refractivity contribution in [3.63, 3.8) is 0 Å². The number of halogens is 1. The van der Waals surface area contributed by atoms with Gasteiger partial charge in [-0.05, 0) is 60.5 Å². The van der Waals surface area contributed by atoms with Crippen LogP contribution in [0.3, 0.4) is 0 Å². The van der Waals surface area contributed by atoms with Gasteiger partial charge in [-0.25, -0.2) is 0 Å². The highest BCUT2D eigenvalue weighted by Gasteiger charge is 2.11. The van der Waals surface area contributed by atoms with Crippen LogP contribution in [0, 0.1) is 13.8 Å². The molecular weight excluding hydrogens is 267 g/mol. The first-order valence-corrected chi connectivity index (χ1v) is 7.67. The molecule has 2 aromatic rings. The molecule has 0 aromatic heterocycles. The largest absolute Gasteiger partial charge is 0.427 e. The zero-order chi connectivity index (χ0) is 13.0. The van der Waals surface area contributed by atoms with Crippen molar-refractivity contribution in [1.82, 2.24) is 0 Å². The van der Waals surface area contributed by atoms with E-state index < -0.39 is 7.73 Å². The molecule has 0 radical (unpaired) electrons. The average Bonchev–Trinajstić information content (AvgIpc) is 2.28. The van der Waals surface area contributed by atoms with Crippen LogP contribution in [0.4, 0.5) is 0 Å². The summed E-state index contributed by atoms with van der Waals surface area (Å²) in [5.41, 5.74) is 2.26. The molecule has 0 aliphatic carbocycles.